The van der Waals surface area contributed by atoms with Crippen LogP contribution in [0, 0.1) is 0 Å². The van der Waals surface area contributed by atoms with Crippen molar-refractivity contribution < 1.29 is 9.53 Å². The summed E-state index contributed by atoms with van der Waals surface area (Å²) in [6, 6.07) is -0.00662. The number of ether oxygens (including phenoxy) is 1. The third-order valence-corrected chi connectivity index (χ3v) is 2.51. The summed E-state index contributed by atoms with van der Waals surface area (Å²) in [6.07, 6.45) is 3.54. The number of hydrogen-bond donors (Lipinski definition) is 1. The zero-order valence-electron chi connectivity index (χ0n) is 9.35. The molecule has 0 bridgehead atoms. The molecular weight excluding hydrogens is 208 g/mol. The molecule has 0 aliphatic carbocycles. The average molecular weight is 224 g/mol. The first-order valence-corrected chi connectivity index (χ1v) is 5.47. The number of amides is 2. The largest absolute Gasteiger partial charge is 0.488 e. The van der Waals surface area contributed by atoms with Crippen molar-refractivity contribution in [3.05, 3.63) is 12.4 Å². The smallest absolute Gasteiger partial charge is 0.317 e. The topological polar surface area (TPSA) is 59.4 Å². The molecule has 6 heteroatoms. The van der Waals surface area contributed by atoms with Gasteiger partial charge < -0.3 is 15.0 Å². The van der Waals surface area contributed by atoms with Crippen molar-refractivity contribution in [2.45, 2.75) is 13.5 Å². The van der Waals surface area contributed by atoms with Gasteiger partial charge in [0.05, 0.1) is 18.9 Å². The molecule has 6 nitrogen and oxygen atoms in total. The first-order chi connectivity index (χ1) is 7.79. The molecule has 0 spiro atoms. The van der Waals surface area contributed by atoms with Crippen molar-refractivity contribution in [2.75, 3.05) is 26.2 Å². The van der Waals surface area contributed by atoms with Gasteiger partial charge in [-0.05, 0) is 6.92 Å². The Labute approximate surface area is 94.2 Å². The Kier molecular flexibility index (Phi) is 3.28. The van der Waals surface area contributed by atoms with Crippen LogP contribution < -0.4 is 10.1 Å². The lowest BCUT2D eigenvalue weighted by molar-refractivity contribution is 0.202. The van der Waals surface area contributed by atoms with Gasteiger partial charge in [-0.2, -0.15) is 5.10 Å². The molecule has 0 atom stereocenters. The minimum Gasteiger partial charge on any atom is -0.488 e. The summed E-state index contributed by atoms with van der Waals surface area (Å²) in [5.41, 5.74) is 0. The fourth-order valence-corrected chi connectivity index (χ4v) is 1.59. The average Bonchev–Trinajstić information content (AvgIpc) is 2.89. The van der Waals surface area contributed by atoms with E-state index in [1.54, 1.807) is 15.8 Å². The second-order valence-electron chi connectivity index (χ2n) is 3.60. The third kappa shape index (κ3) is 2.44. The van der Waals surface area contributed by atoms with E-state index in [2.05, 4.69) is 10.4 Å². The van der Waals surface area contributed by atoms with Crippen LogP contribution in [0.3, 0.4) is 0 Å². The normalized spacial score (nSPS) is 15.3. The fraction of sp³-hybridized carbons (Fsp3) is 0.600. The Morgan fingerprint density at radius 1 is 1.62 bits per heavy atom. The number of carbonyl (C=O) groups excluding carboxylic acids is 1. The lowest BCUT2D eigenvalue weighted by Gasteiger charge is -2.13. The Balaban J connectivity index is 1.73. The number of hydrogen-bond acceptors (Lipinski definition) is 3. The van der Waals surface area contributed by atoms with Crippen LogP contribution in [-0.2, 0) is 6.54 Å². The summed E-state index contributed by atoms with van der Waals surface area (Å²) >= 11 is 0. The van der Waals surface area contributed by atoms with Crippen LogP contribution >= 0.6 is 0 Å². The maximum Gasteiger partial charge on any atom is 0.317 e. The number of nitrogens with zero attached hydrogens (tertiary/aromatic N) is 3. The molecule has 1 fully saturated rings. The Morgan fingerprint density at radius 2 is 2.50 bits per heavy atom. The van der Waals surface area contributed by atoms with E-state index < -0.39 is 0 Å². The molecule has 1 aliphatic heterocycles. The predicted molar refractivity (Wildman–Crippen MR) is 58.4 cm³/mol. The molecule has 1 aromatic heterocycles. The summed E-state index contributed by atoms with van der Waals surface area (Å²) in [5, 5.41) is 6.85. The highest BCUT2D eigenvalue weighted by Gasteiger charge is 2.18. The zero-order chi connectivity index (χ0) is 11.4. The van der Waals surface area contributed by atoms with Gasteiger partial charge in [0.1, 0.15) is 6.61 Å². The van der Waals surface area contributed by atoms with Crippen LogP contribution in [0.25, 0.3) is 0 Å². The van der Waals surface area contributed by atoms with Gasteiger partial charge in [0.15, 0.2) is 5.75 Å². The summed E-state index contributed by atoms with van der Waals surface area (Å²) in [7, 11) is 0. The Morgan fingerprint density at radius 3 is 3.12 bits per heavy atom. The molecule has 2 amide bonds. The first-order valence-electron chi connectivity index (χ1n) is 5.47. The molecular formula is C10H16N4O2. The fourth-order valence-electron chi connectivity index (χ4n) is 1.59. The van der Waals surface area contributed by atoms with Crippen LogP contribution in [0.5, 0.6) is 5.75 Å². The Hall–Kier alpha value is -1.72. The van der Waals surface area contributed by atoms with Crippen LogP contribution in [0.15, 0.2) is 12.4 Å². The minimum atomic E-state index is -0.00662. The van der Waals surface area contributed by atoms with E-state index in [-0.39, 0.29) is 6.03 Å². The third-order valence-electron chi connectivity index (χ3n) is 2.51. The number of urea groups is 1. The van der Waals surface area contributed by atoms with E-state index in [9.17, 15) is 4.79 Å². The standard InChI is InChI=1S/C10H16N4O2/c1-2-14-8-9(7-12-14)16-6-5-13-4-3-11-10(13)15/h7-8H,2-6H2,1H3,(H,11,15). The molecule has 1 aliphatic rings. The molecule has 0 saturated carbocycles. The molecule has 1 saturated heterocycles. The van der Waals surface area contributed by atoms with Crippen LogP contribution in [0.1, 0.15) is 6.92 Å². The van der Waals surface area contributed by atoms with Gasteiger partial charge in [-0.15, -0.1) is 0 Å². The number of aryl methyl sites for hydroxylation is 1. The van der Waals surface area contributed by atoms with Crippen molar-refractivity contribution in [1.29, 1.82) is 0 Å². The summed E-state index contributed by atoms with van der Waals surface area (Å²) in [6.45, 7) is 5.46. The summed E-state index contributed by atoms with van der Waals surface area (Å²) in [5.74, 6) is 0.751. The molecule has 0 aromatic carbocycles. The van der Waals surface area contributed by atoms with Gasteiger partial charge in [-0.1, -0.05) is 0 Å². The highest BCUT2D eigenvalue weighted by atomic mass is 16.5. The number of aromatic nitrogens is 2. The second kappa shape index (κ2) is 4.87. The van der Waals surface area contributed by atoms with Gasteiger partial charge in [0.2, 0.25) is 0 Å². The monoisotopic (exact) mass is 224 g/mol. The van der Waals surface area contributed by atoms with Gasteiger partial charge in [0, 0.05) is 19.6 Å². The van der Waals surface area contributed by atoms with Crippen LogP contribution in [0.4, 0.5) is 4.79 Å². The molecule has 2 rings (SSSR count). The molecule has 0 radical (unpaired) electrons. The highest BCUT2D eigenvalue weighted by Crippen LogP contribution is 2.08. The predicted octanol–water partition coefficient (Wildman–Crippen LogP) is 0.307. The van der Waals surface area contributed by atoms with E-state index in [1.807, 2.05) is 13.1 Å². The molecule has 88 valence electrons. The lowest BCUT2D eigenvalue weighted by Crippen LogP contribution is -2.31. The first kappa shape index (κ1) is 10.8. The Bertz CT molecular complexity index is 363. The van der Waals surface area contributed by atoms with Crippen LogP contribution in [-0.4, -0.2) is 47.0 Å². The van der Waals surface area contributed by atoms with Crippen molar-refractivity contribution in [1.82, 2.24) is 20.0 Å². The van der Waals surface area contributed by atoms with Gasteiger partial charge in [-0.3, -0.25) is 4.68 Å². The van der Waals surface area contributed by atoms with Crippen molar-refractivity contribution in [2.24, 2.45) is 0 Å². The summed E-state index contributed by atoms with van der Waals surface area (Å²) in [4.78, 5) is 13.0. The molecule has 0 unspecified atom stereocenters. The van der Waals surface area contributed by atoms with Crippen molar-refractivity contribution in [3.63, 3.8) is 0 Å². The van der Waals surface area contributed by atoms with Crippen molar-refractivity contribution in [3.8, 4) is 5.75 Å². The van der Waals surface area contributed by atoms with Crippen molar-refractivity contribution >= 4 is 6.03 Å². The highest BCUT2D eigenvalue weighted by molar-refractivity contribution is 5.76. The molecule has 1 N–H and O–H groups in total. The van der Waals surface area contributed by atoms with E-state index in [1.165, 1.54) is 0 Å². The number of rotatable bonds is 5. The minimum absolute atomic E-state index is 0.00662. The SMILES string of the molecule is CCn1cc(OCCN2CCNC2=O)cn1. The maximum absolute atomic E-state index is 11.2. The quantitative estimate of drug-likeness (QED) is 0.783. The van der Waals surface area contributed by atoms with Gasteiger partial charge in [-0.25, -0.2) is 4.79 Å². The maximum atomic E-state index is 11.2. The van der Waals surface area contributed by atoms with E-state index in [0.717, 1.165) is 25.4 Å². The summed E-state index contributed by atoms with van der Waals surface area (Å²) < 4.78 is 7.30. The van der Waals surface area contributed by atoms with Crippen LogP contribution in [0.2, 0.25) is 0 Å². The number of carbonyl (C=O) groups is 1. The molecule has 16 heavy (non-hydrogen) atoms. The van der Waals surface area contributed by atoms with E-state index in [4.69, 9.17) is 4.74 Å². The molecule has 2 heterocycles. The number of nitrogens with one attached hydrogen (secondary N) is 1. The lowest BCUT2D eigenvalue weighted by atomic mass is 10.5. The zero-order valence-corrected chi connectivity index (χ0v) is 9.35. The van der Waals surface area contributed by atoms with Gasteiger partial charge >= 0.3 is 6.03 Å². The second-order valence-corrected chi connectivity index (χ2v) is 3.60. The van der Waals surface area contributed by atoms with E-state index in [0.29, 0.717) is 13.2 Å². The molecule has 1 aromatic rings. The van der Waals surface area contributed by atoms with Gasteiger partial charge in [0.25, 0.3) is 0 Å². The van der Waals surface area contributed by atoms with E-state index >= 15 is 0 Å².